The minimum absolute atomic E-state index is 0.137. The molecule has 8 heteroatoms. The Morgan fingerprint density at radius 1 is 1.21 bits per heavy atom. The molecule has 1 aromatic heterocycles. The maximum atomic E-state index is 12.3. The first-order chi connectivity index (χ1) is 11.6. The topological polar surface area (TPSA) is 102 Å². The largest absolute Gasteiger partial charge is 0.385 e. The lowest BCUT2D eigenvalue weighted by Crippen LogP contribution is -2.40. The van der Waals surface area contributed by atoms with Crippen LogP contribution >= 0.6 is 0 Å². The van der Waals surface area contributed by atoms with Crippen molar-refractivity contribution in [1.82, 2.24) is 20.2 Å². The van der Waals surface area contributed by atoms with Gasteiger partial charge in [-0.3, -0.25) is 19.0 Å². The number of methoxy groups -OCH3 is 1. The maximum Gasteiger partial charge on any atom is 0.261 e. The van der Waals surface area contributed by atoms with Crippen molar-refractivity contribution >= 4 is 22.7 Å². The average molecular weight is 332 g/mol. The predicted molar refractivity (Wildman–Crippen MR) is 88.5 cm³/mol. The molecule has 1 heterocycles. The van der Waals surface area contributed by atoms with E-state index in [1.54, 1.807) is 31.4 Å². The third-order valence-corrected chi connectivity index (χ3v) is 3.34. The number of nitrogens with one attached hydrogen (secondary N) is 2. The maximum absolute atomic E-state index is 12.3. The summed E-state index contributed by atoms with van der Waals surface area (Å²) in [7, 11) is 1.59. The van der Waals surface area contributed by atoms with E-state index in [4.69, 9.17) is 4.74 Å². The standard InChI is InChI=1S/C16H20N4O4/c1-24-8-4-7-17-14(21)9-18-15(22)10-20-11-19-13-6-3-2-5-12(13)16(20)23/h2-3,5-6,11H,4,7-10H2,1H3,(H,17,21)(H,18,22). The molecule has 0 aliphatic heterocycles. The molecule has 0 saturated heterocycles. The number of carbonyl (C=O) groups is 2. The van der Waals surface area contributed by atoms with Crippen LogP contribution in [0.4, 0.5) is 0 Å². The number of aromatic nitrogens is 2. The van der Waals surface area contributed by atoms with Crippen LogP contribution in [0.2, 0.25) is 0 Å². The van der Waals surface area contributed by atoms with Gasteiger partial charge < -0.3 is 15.4 Å². The summed E-state index contributed by atoms with van der Waals surface area (Å²) in [6.07, 6.45) is 2.03. The number of fused-ring (bicyclic) bond motifs is 1. The van der Waals surface area contributed by atoms with E-state index in [-0.39, 0.29) is 24.6 Å². The third kappa shape index (κ3) is 4.88. The number of para-hydroxylation sites is 1. The fourth-order valence-electron chi connectivity index (χ4n) is 2.12. The van der Waals surface area contributed by atoms with Gasteiger partial charge in [-0.1, -0.05) is 12.1 Å². The van der Waals surface area contributed by atoms with Crippen molar-refractivity contribution in [1.29, 1.82) is 0 Å². The zero-order valence-electron chi connectivity index (χ0n) is 13.4. The highest BCUT2D eigenvalue weighted by molar-refractivity contribution is 5.84. The lowest BCUT2D eigenvalue weighted by atomic mass is 10.2. The molecule has 8 nitrogen and oxygen atoms in total. The highest BCUT2D eigenvalue weighted by atomic mass is 16.5. The molecule has 0 radical (unpaired) electrons. The molecule has 1 aromatic carbocycles. The Bertz CT molecular complexity index is 772. The first-order valence-electron chi connectivity index (χ1n) is 7.58. The normalized spacial score (nSPS) is 10.5. The first-order valence-corrected chi connectivity index (χ1v) is 7.58. The van der Waals surface area contributed by atoms with Gasteiger partial charge in [0.05, 0.1) is 23.8 Å². The van der Waals surface area contributed by atoms with Crippen molar-refractivity contribution < 1.29 is 14.3 Å². The van der Waals surface area contributed by atoms with E-state index in [1.165, 1.54) is 10.9 Å². The zero-order valence-corrected chi connectivity index (χ0v) is 13.4. The highest BCUT2D eigenvalue weighted by Gasteiger charge is 2.09. The van der Waals surface area contributed by atoms with Gasteiger partial charge in [0.1, 0.15) is 6.54 Å². The van der Waals surface area contributed by atoms with Crippen LogP contribution in [0.25, 0.3) is 10.9 Å². The van der Waals surface area contributed by atoms with Crippen LogP contribution in [-0.4, -0.2) is 48.2 Å². The number of amides is 2. The molecule has 2 aromatic rings. The molecule has 0 aliphatic rings. The summed E-state index contributed by atoms with van der Waals surface area (Å²) in [6, 6.07) is 6.92. The molecule has 0 fully saturated rings. The Morgan fingerprint density at radius 3 is 2.79 bits per heavy atom. The van der Waals surface area contributed by atoms with Crippen molar-refractivity contribution in [2.24, 2.45) is 0 Å². The number of rotatable bonds is 8. The lowest BCUT2D eigenvalue weighted by molar-refractivity contribution is -0.126. The molecule has 0 unspecified atom stereocenters. The molecule has 2 amide bonds. The van der Waals surface area contributed by atoms with E-state index in [0.29, 0.717) is 30.5 Å². The molecule has 0 bridgehead atoms. The average Bonchev–Trinajstić information content (AvgIpc) is 2.59. The number of hydrogen-bond donors (Lipinski definition) is 2. The van der Waals surface area contributed by atoms with E-state index in [1.807, 2.05) is 0 Å². The Hall–Kier alpha value is -2.74. The van der Waals surface area contributed by atoms with Gasteiger partial charge in [0.2, 0.25) is 11.8 Å². The van der Waals surface area contributed by atoms with Gasteiger partial charge in [-0.15, -0.1) is 0 Å². The van der Waals surface area contributed by atoms with Crippen LogP contribution in [0, 0.1) is 0 Å². The van der Waals surface area contributed by atoms with Crippen molar-refractivity contribution in [3.05, 3.63) is 40.9 Å². The fraction of sp³-hybridized carbons (Fsp3) is 0.375. The summed E-state index contributed by atoms with van der Waals surface area (Å²) >= 11 is 0. The van der Waals surface area contributed by atoms with Gasteiger partial charge in [-0.25, -0.2) is 4.98 Å². The van der Waals surface area contributed by atoms with Crippen LogP contribution in [0.3, 0.4) is 0 Å². The summed E-state index contributed by atoms with van der Waals surface area (Å²) in [5, 5.41) is 5.58. The van der Waals surface area contributed by atoms with Gasteiger partial charge in [0, 0.05) is 20.3 Å². The quantitative estimate of drug-likeness (QED) is 0.644. The summed E-state index contributed by atoms with van der Waals surface area (Å²) in [6.45, 7) is 0.719. The molecule has 0 saturated carbocycles. The monoisotopic (exact) mass is 332 g/mol. The number of nitrogens with zero attached hydrogens (tertiary/aromatic N) is 2. The molecule has 24 heavy (non-hydrogen) atoms. The van der Waals surface area contributed by atoms with Gasteiger partial charge in [-0.2, -0.15) is 0 Å². The van der Waals surface area contributed by atoms with E-state index < -0.39 is 5.91 Å². The van der Waals surface area contributed by atoms with Crippen LogP contribution in [0.15, 0.2) is 35.4 Å². The second kappa shape index (κ2) is 8.78. The van der Waals surface area contributed by atoms with Crippen molar-refractivity contribution in [3.63, 3.8) is 0 Å². The highest BCUT2D eigenvalue weighted by Crippen LogP contribution is 2.04. The van der Waals surface area contributed by atoms with Gasteiger partial charge in [0.15, 0.2) is 0 Å². The van der Waals surface area contributed by atoms with Crippen molar-refractivity contribution in [2.75, 3.05) is 26.8 Å². The second-order valence-corrected chi connectivity index (χ2v) is 5.17. The van der Waals surface area contributed by atoms with Crippen LogP contribution in [0.1, 0.15) is 6.42 Å². The van der Waals surface area contributed by atoms with Crippen LogP contribution < -0.4 is 16.2 Å². The summed E-state index contributed by atoms with van der Waals surface area (Å²) < 4.78 is 6.09. The minimum Gasteiger partial charge on any atom is -0.385 e. The van der Waals surface area contributed by atoms with E-state index in [9.17, 15) is 14.4 Å². The first kappa shape index (κ1) is 17.6. The summed E-state index contributed by atoms with van der Waals surface area (Å²) in [5.74, 6) is -0.718. The summed E-state index contributed by atoms with van der Waals surface area (Å²) in [4.78, 5) is 39.8. The van der Waals surface area contributed by atoms with E-state index in [0.717, 1.165) is 0 Å². The molecular formula is C16H20N4O4. The molecule has 2 rings (SSSR count). The number of benzene rings is 1. The number of ether oxygens (including phenoxy) is 1. The SMILES string of the molecule is COCCCNC(=O)CNC(=O)Cn1cnc2ccccc2c1=O. The molecule has 0 aliphatic carbocycles. The van der Waals surface area contributed by atoms with Crippen molar-refractivity contribution in [3.8, 4) is 0 Å². The lowest BCUT2D eigenvalue weighted by Gasteiger charge is -2.08. The molecule has 2 N–H and O–H groups in total. The van der Waals surface area contributed by atoms with Crippen molar-refractivity contribution in [2.45, 2.75) is 13.0 Å². The molecular weight excluding hydrogens is 312 g/mol. The molecule has 128 valence electrons. The van der Waals surface area contributed by atoms with E-state index >= 15 is 0 Å². The van der Waals surface area contributed by atoms with Gasteiger partial charge >= 0.3 is 0 Å². The van der Waals surface area contributed by atoms with Gasteiger partial charge in [0.25, 0.3) is 5.56 Å². The Kier molecular flexibility index (Phi) is 6.44. The number of carbonyl (C=O) groups excluding carboxylic acids is 2. The van der Waals surface area contributed by atoms with Gasteiger partial charge in [-0.05, 0) is 18.6 Å². The second-order valence-electron chi connectivity index (χ2n) is 5.17. The smallest absolute Gasteiger partial charge is 0.261 e. The Balaban J connectivity index is 1.85. The zero-order chi connectivity index (χ0) is 17.4. The minimum atomic E-state index is -0.429. The predicted octanol–water partition coefficient (Wildman–Crippen LogP) is -0.335. The third-order valence-electron chi connectivity index (χ3n) is 3.34. The van der Waals surface area contributed by atoms with Crippen LogP contribution in [0.5, 0.6) is 0 Å². The fourth-order valence-corrected chi connectivity index (χ4v) is 2.12. The van der Waals surface area contributed by atoms with E-state index in [2.05, 4.69) is 15.6 Å². The Labute approximate surface area is 138 Å². The van der Waals surface area contributed by atoms with Crippen LogP contribution in [-0.2, 0) is 20.9 Å². The summed E-state index contributed by atoms with van der Waals surface area (Å²) in [5.41, 5.74) is 0.286. The molecule has 0 atom stereocenters. The molecule has 0 spiro atoms. The number of hydrogen-bond acceptors (Lipinski definition) is 5. The Morgan fingerprint density at radius 2 is 2.00 bits per heavy atom.